The molecule has 1 fully saturated rings. The Morgan fingerprint density at radius 3 is 2.12 bits per heavy atom. The van der Waals surface area contributed by atoms with Gasteiger partial charge in [0.1, 0.15) is 0 Å². The Labute approximate surface area is 47.9 Å². The molecule has 0 aromatic heterocycles. The summed E-state index contributed by atoms with van der Waals surface area (Å²) < 4.78 is 4.60. The summed E-state index contributed by atoms with van der Waals surface area (Å²) in [7, 11) is 0. The van der Waals surface area contributed by atoms with Gasteiger partial charge in [-0.15, -0.1) is 0 Å². The maximum absolute atomic E-state index is 8.22. The van der Waals surface area contributed by atoms with Crippen LogP contribution in [0.2, 0.25) is 0 Å². The lowest BCUT2D eigenvalue weighted by Crippen LogP contribution is -2.27. The molecule has 1 aliphatic carbocycles. The van der Waals surface area contributed by atoms with Crippen LogP contribution in [0.25, 0.3) is 0 Å². The van der Waals surface area contributed by atoms with Crippen LogP contribution in [0.4, 0.5) is 0 Å². The fraction of sp³-hybridized carbons (Fsp3) is 1.00. The molecule has 0 atom stereocenters. The van der Waals surface area contributed by atoms with Crippen LogP contribution in [0.15, 0.2) is 0 Å². The lowest BCUT2D eigenvalue weighted by atomic mass is 9.96. The first kappa shape index (κ1) is 6.01. The van der Waals surface area contributed by atoms with E-state index in [4.69, 9.17) is 10.2 Å². The summed E-state index contributed by atoms with van der Waals surface area (Å²) in [5.74, 6) is 0. The highest BCUT2D eigenvalue weighted by Crippen LogP contribution is 2.22. The Balaban J connectivity index is 2.01. The molecule has 1 saturated carbocycles. The first-order valence-electron chi connectivity index (χ1n) is 2.80. The average molecular weight is 118 g/mol. The van der Waals surface area contributed by atoms with Crippen molar-refractivity contribution < 1.29 is 14.9 Å². The molecule has 3 nitrogen and oxygen atoms in total. The van der Waals surface area contributed by atoms with Crippen LogP contribution in [-0.4, -0.2) is 22.8 Å². The summed E-state index contributed by atoms with van der Waals surface area (Å²) in [5, 5.41) is 16.4. The molecular formula is C5H10O3. The van der Waals surface area contributed by atoms with E-state index in [1.165, 1.54) is 0 Å². The van der Waals surface area contributed by atoms with E-state index in [1.54, 1.807) is 0 Å². The summed E-state index contributed by atoms with van der Waals surface area (Å²) in [6.07, 6.45) is 3.20. The summed E-state index contributed by atoms with van der Waals surface area (Å²) in [6, 6.07) is 0. The van der Waals surface area contributed by atoms with Gasteiger partial charge in [0.15, 0.2) is 0 Å². The summed E-state index contributed by atoms with van der Waals surface area (Å²) in [5.41, 5.74) is 0. The van der Waals surface area contributed by atoms with Gasteiger partial charge in [0.05, 0.1) is 6.10 Å². The predicted molar refractivity (Wildman–Crippen MR) is 26.9 cm³/mol. The average Bonchev–Trinajstić information content (AvgIpc) is 1.55. The number of hydrogen-bond donors (Lipinski definition) is 2. The monoisotopic (exact) mass is 118 g/mol. The highest BCUT2D eigenvalue weighted by molar-refractivity contribution is 4.68. The number of aliphatic hydroxyl groups excluding tert-OH is 1. The Bertz CT molecular complexity index is 68.1. The van der Waals surface area contributed by atoms with E-state index in [-0.39, 0.29) is 6.10 Å². The van der Waals surface area contributed by atoms with Gasteiger partial charge in [0.25, 0.3) is 6.48 Å². The summed E-state index contributed by atoms with van der Waals surface area (Å²) in [4.78, 5) is 0. The standard InChI is InChI=1S/C5H10O3/c6-5(7)8-4-2-1-3-4/h4-7H,1-3H2. The number of rotatable bonds is 2. The zero-order valence-electron chi connectivity index (χ0n) is 4.58. The fourth-order valence-electron chi connectivity index (χ4n) is 0.679. The number of ether oxygens (including phenoxy) is 1. The molecular weight excluding hydrogens is 108 g/mol. The maximum atomic E-state index is 8.22. The van der Waals surface area contributed by atoms with Crippen LogP contribution in [0.5, 0.6) is 0 Å². The van der Waals surface area contributed by atoms with Crippen molar-refractivity contribution in [2.45, 2.75) is 31.8 Å². The minimum absolute atomic E-state index is 0.106. The van der Waals surface area contributed by atoms with E-state index < -0.39 is 6.48 Å². The second-order valence-electron chi connectivity index (χ2n) is 2.02. The molecule has 0 amide bonds. The van der Waals surface area contributed by atoms with E-state index in [0.717, 1.165) is 19.3 Å². The highest BCUT2D eigenvalue weighted by atomic mass is 16.7. The Kier molecular flexibility index (Phi) is 1.83. The first-order valence-corrected chi connectivity index (χ1v) is 2.80. The molecule has 0 unspecified atom stereocenters. The van der Waals surface area contributed by atoms with Gasteiger partial charge < -0.3 is 14.9 Å². The van der Waals surface area contributed by atoms with Crippen molar-refractivity contribution in [2.24, 2.45) is 0 Å². The molecule has 1 rings (SSSR count). The van der Waals surface area contributed by atoms with Crippen molar-refractivity contribution in [2.75, 3.05) is 0 Å². The van der Waals surface area contributed by atoms with E-state index in [0.29, 0.717) is 0 Å². The molecule has 0 aromatic carbocycles. The lowest BCUT2D eigenvalue weighted by Gasteiger charge is -2.25. The summed E-state index contributed by atoms with van der Waals surface area (Å²) in [6.45, 7) is -1.57. The third-order valence-electron chi connectivity index (χ3n) is 1.37. The van der Waals surface area contributed by atoms with E-state index in [2.05, 4.69) is 4.74 Å². The molecule has 3 heteroatoms. The Hall–Kier alpha value is -0.120. The fourth-order valence-corrected chi connectivity index (χ4v) is 0.679. The van der Waals surface area contributed by atoms with Crippen LogP contribution in [-0.2, 0) is 4.74 Å². The van der Waals surface area contributed by atoms with Gasteiger partial charge in [-0.05, 0) is 19.3 Å². The molecule has 0 heterocycles. The third-order valence-corrected chi connectivity index (χ3v) is 1.37. The van der Waals surface area contributed by atoms with Crippen molar-refractivity contribution >= 4 is 0 Å². The SMILES string of the molecule is OC(O)OC1CCC1. The minimum Gasteiger partial charge on any atom is -0.346 e. The number of aliphatic hydroxyl groups is 2. The Morgan fingerprint density at radius 2 is 2.00 bits per heavy atom. The van der Waals surface area contributed by atoms with Crippen LogP contribution >= 0.6 is 0 Å². The normalized spacial score (nSPS) is 21.4. The quantitative estimate of drug-likeness (QED) is 0.495. The Morgan fingerprint density at radius 1 is 1.38 bits per heavy atom. The second-order valence-corrected chi connectivity index (χ2v) is 2.02. The zero-order chi connectivity index (χ0) is 5.98. The lowest BCUT2D eigenvalue weighted by molar-refractivity contribution is -0.266. The van der Waals surface area contributed by atoms with Gasteiger partial charge in [-0.1, -0.05) is 0 Å². The van der Waals surface area contributed by atoms with Gasteiger partial charge in [0, 0.05) is 0 Å². The van der Waals surface area contributed by atoms with Gasteiger partial charge in [0.2, 0.25) is 0 Å². The summed E-state index contributed by atoms with van der Waals surface area (Å²) >= 11 is 0. The van der Waals surface area contributed by atoms with Crippen molar-refractivity contribution in [1.82, 2.24) is 0 Å². The van der Waals surface area contributed by atoms with Gasteiger partial charge in [-0.2, -0.15) is 0 Å². The van der Waals surface area contributed by atoms with E-state index >= 15 is 0 Å². The third kappa shape index (κ3) is 1.43. The van der Waals surface area contributed by atoms with Crippen LogP contribution in [0.3, 0.4) is 0 Å². The predicted octanol–water partition coefficient (Wildman–Crippen LogP) is -0.176. The molecule has 0 radical (unpaired) electrons. The second kappa shape index (κ2) is 2.44. The largest absolute Gasteiger partial charge is 0.346 e. The molecule has 1 aliphatic rings. The zero-order valence-corrected chi connectivity index (χ0v) is 4.58. The number of hydrogen-bond acceptors (Lipinski definition) is 3. The molecule has 0 aliphatic heterocycles. The van der Waals surface area contributed by atoms with Crippen molar-refractivity contribution in [3.63, 3.8) is 0 Å². The van der Waals surface area contributed by atoms with Crippen LogP contribution < -0.4 is 0 Å². The van der Waals surface area contributed by atoms with Crippen molar-refractivity contribution in [3.05, 3.63) is 0 Å². The maximum Gasteiger partial charge on any atom is 0.266 e. The molecule has 0 saturated heterocycles. The minimum atomic E-state index is -1.57. The van der Waals surface area contributed by atoms with Gasteiger partial charge in [-0.3, -0.25) is 0 Å². The first-order chi connectivity index (χ1) is 3.79. The van der Waals surface area contributed by atoms with Crippen molar-refractivity contribution in [3.8, 4) is 0 Å². The van der Waals surface area contributed by atoms with Gasteiger partial charge >= 0.3 is 0 Å². The van der Waals surface area contributed by atoms with E-state index in [9.17, 15) is 0 Å². The molecule has 0 spiro atoms. The van der Waals surface area contributed by atoms with Crippen LogP contribution in [0.1, 0.15) is 19.3 Å². The molecule has 0 bridgehead atoms. The highest BCUT2D eigenvalue weighted by Gasteiger charge is 2.19. The molecule has 8 heavy (non-hydrogen) atoms. The van der Waals surface area contributed by atoms with E-state index in [1.807, 2.05) is 0 Å². The van der Waals surface area contributed by atoms with Gasteiger partial charge in [-0.25, -0.2) is 0 Å². The topological polar surface area (TPSA) is 49.7 Å². The van der Waals surface area contributed by atoms with Crippen LogP contribution in [0, 0.1) is 0 Å². The molecule has 0 aromatic rings. The molecule has 2 N–H and O–H groups in total. The molecule has 48 valence electrons. The smallest absolute Gasteiger partial charge is 0.266 e. The van der Waals surface area contributed by atoms with Crippen molar-refractivity contribution in [1.29, 1.82) is 0 Å².